The highest BCUT2D eigenvalue weighted by Crippen LogP contribution is 2.10. The van der Waals surface area contributed by atoms with E-state index in [0.29, 0.717) is 6.04 Å². The molecular formula is C11H20N2O. The van der Waals surface area contributed by atoms with Crippen molar-refractivity contribution in [3.8, 4) is 12.3 Å². The minimum atomic E-state index is 0.208. The van der Waals surface area contributed by atoms with Crippen molar-refractivity contribution >= 4 is 0 Å². The molecule has 1 atom stereocenters. The first-order valence-electron chi connectivity index (χ1n) is 5.29. The van der Waals surface area contributed by atoms with Crippen molar-refractivity contribution < 1.29 is 5.11 Å². The van der Waals surface area contributed by atoms with Crippen molar-refractivity contribution in [2.24, 2.45) is 0 Å². The predicted molar refractivity (Wildman–Crippen MR) is 58.0 cm³/mol. The summed E-state index contributed by atoms with van der Waals surface area (Å²) in [7, 11) is 0. The second kappa shape index (κ2) is 6.02. The number of nitrogens with zero attached hydrogens (tertiary/aromatic N) is 1. The molecule has 0 spiro atoms. The van der Waals surface area contributed by atoms with Gasteiger partial charge in [-0.25, -0.2) is 0 Å². The number of terminal acetylenes is 1. The molecule has 1 aliphatic rings. The fourth-order valence-electron chi connectivity index (χ4n) is 1.84. The van der Waals surface area contributed by atoms with E-state index < -0.39 is 0 Å². The van der Waals surface area contributed by atoms with Gasteiger partial charge in [-0.15, -0.1) is 6.42 Å². The van der Waals surface area contributed by atoms with Gasteiger partial charge in [0.15, 0.2) is 0 Å². The molecule has 0 amide bonds. The number of hydrogen-bond donors (Lipinski definition) is 2. The maximum atomic E-state index is 8.90. The van der Waals surface area contributed by atoms with Crippen LogP contribution in [0.1, 0.15) is 19.8 Å². The summed E-state index contributed by atoms with van der Waals surface area (Å²) in [6.07, 6.45) is 7.52. The number of rotatable bonds is 4. The van der Waals surface area contributed by atoms with Crippen molar-refractivity contribution in [1.29, 1.82) is 0 Å². The number of nitrogens with one attached hydrogen (secondary N) is 1. The zero-order valence-electron chi connectivity index (χ0n) is 8.87. The van der Waals surface area contributed by atoms with Crippen LogP contribution in [0.4, 0.5) is 0 Å². The third-order valence-electron chi connectivity index (χ3n) is 2.70. The molecule has 80 valence electrons. The van der Waals surface area contributed by atoms with Gasteiger partial charge in [0.1, 0.15) is 0 Å². The van der Waals surface area contributed by atoms with Gasteiger partial charge >= 0.3 is 0 Å². The second-order valence-electron chi connectivity index (χ2n) is 4.00. The van der Waals surface area contributed by atoms with Gasteiger partial charge in [0.2, 0.25) is 0 Å². The van der Waals surface area contributed by atoms with Gasteiger partial charge in [-0.3, -0.25) is 4.90 Å². The van der Waals surface area contributed by atoms with Crippen LogP contribution in [0.2, 0.25) is 0 Å². The lowest BCUT2D eigenvalue weighted by Crippen LogP contribution is -2.46. The summed E-state index contributed by atoms with van der Waals surface area (Å²) < 4.78 is 0. The summed E-state index contributed by atoms with van der Waals surface area (Å²) in [4.78, 5) is 2.29. The van der Waals surface area contributed by atoms with Crippen LogP contribution in [-0.4, -0.2) is 48.3 Å². The number of piperidine rings is 1. The maximum absolute atomic E-state index is 8.90. The fraction of sp³-hybridized carbons (Fsp3) is 0.818. The van der Waals surface area contributed by atoms with E-state index in [1.807, 2.05) is 6.92 Å². The van der Waals surface area contributed by atoms with E-state index in [0.717, 1.165) is 32.5 Å². The Hall–Kier alpha value is -0.560. The molecule has 1 heterocycles. The summed E-state index contributed by atoms with van der Waals surface area (Å²) in [6, 6.07) is 0.755. The Labute approximate surface area is 86.5 Å². The Morgan fingerprint density at radius 3 is 2.71 bits per heavy atom. The van der Waals surface area contributed by atoms with Crippen molar-refractivity contribution in [2.75, 3.05) is 26.2 Å². The smallest absolute Gasteiger partial charge is 0.0598 e. The molecule has 0 saturated carbocycles. The molecule has 1 saturated heterocycles. The third-order valence-corrected chi connectivity index (χ3v) is 2.70. The van der Waals surface area contributed by atoms with Crippen molar-refractivity contribution in [3.63, 3.8) is 0 Å². The monoisotopic (exact) mass is 196 g/mol. The molecule has 1 fully saturated rings. The topological polar surface area (TPSA) is 35.5 Å². The van der Waals surface area contributed by atoms with E-state index in [2.05, 4.69) is 16.1 Å². The van der Waals surface area contributed by atoms with Gasteiger partial charge in [0, 0.05) is 25.2 Å². The highest BCUT2D eigenvalue weighted by molar-refractivity contribution is 4.90. The zero-order valence-corrected chi connectivity index (χ0v) is 8.87. The van der Waals surface area contributed by atoms with E-state index in [-0.39, 0.29) is 12.6 Å². The first-order valence-corrected chi connectivity index (χ1v) is 5.29. The molecule has 1 unspecified atom stereocenters. The summed E-state index contributed by atoms with van der Waals surface area (Å²) in [6.45, 7) is 5.13. The molecule has 3 nitrogen and oxygen atoms in total. The Bertz CT molecular complexity index is 192. The molecule has 0 radical (unpaired) electrons. The summed E-state index contributed by atoms with van der Waals surface area (Å²) in [5, 5.41) is 12.3. The summed E-state index contributed by atoms with van der Waals surface area (Å²) >= 11 is 0. The van der Waals surface area contributed by atoms with Gasteiger partial charge in [0.05, 0.1) is 13.2 Å². The number of aliphatic hydroxyl groups excluding tert-OH is 1. The zero-order chi connectivity index (χ0) is 10.4. The van der Waals surface area contributed by atoms with Crippen LogP contribution in [0, 0.1) is 12.3 Å². The lowest BCUT2D eigenvalue weighted by atomic mass is 10.0. The van der Waals surface area contributed by atoms with Crippen molar-refractivity contribution in [3.05, 3.63) is 0 Å². The summed E-state index contributed by atoms with van der Waals surface area (Å²) in [5.41, 5.74) is 0. The van der Waals surface area contributed by atoms with Crippen LogP contribution in [0.25, 0.3) is 0 Å². The van der Waals surface area contributed by atoms with Crippen molar-refractivity contribution in [1.82, 2.24) is 10.2 Å². The molecule has 1 rings (SSSR count). The minimum Gasteiger partial charge on any atom is -0.395 e. The number of aliphatic hydroxyl groups is 1. The second-order valence-corrected chi connectivity index (χ2v) is 4.00. The van der Waals surface area contributed by atoms with Crippen molar-refractivity contribution in [2.45, 2.75) is 31.8 Å². The largest absolute Gasteiger partial charge is 0.395 e. The molecule has 0 aromatic carbocycles. The SMILES string of the molecule is C#CCN1CCC(NC(C)CO)CC1. The number of hydrogen-bond acceptors (Lipinski definition) is 3. The maximum Gasteiger partial charge on any atom is 0.0598 e. The molecule has 0 aromatic heterocycles. The average Bonchev–Trinajstić information content (AvgIpc) is 2.21. The molecule has 0 aliphatic carbocycles. The Balaban J connectivity index is 2.19. The van der Waals surface area contributed by atoms with E-state index in [1.165, 1.54) is 0 Å². The van der Waals surface area contributed by atoms with Gasteiger partial charge in [-0.1, -0.05) is 5.92 Å². The van der Waals surface area contributed by atoms with E-state index in [9.17, 15) is 0 Å². The quantitative estimate of drug-likeness (QED) is 0.624. The Kier molecular flexibility index (Phi) is 4.95. The first-order chi connectivity index (χ1) is 6.76. The standard InChI is InChI=1S/C11H20N2O/c1-3-6-13-7-4-11(5-8-13)12-10(2)9-14/h1,10-12,14H,4-9H2,2H3. The van der Waals surface area contributed by atoms with Crippen LogP contribution in [-0.2, 0) is 0 Å². The molecule has 3 heteroatoms. The van der Waals surface area contributed by atoms with E-state index in [1.54, 1.807) is 0 Å². The predicted octanol–water partition coefficient (Wildman–Crippen LogP) is 0.0544. The number of likely N-dealkylation sites (tertiary alicyclic amines) is 1. The minimum absolute atomic E-state index is 0.208. The highest BCUT2D eigenvalue weighted by atomic mass is 16.3. The third kappa shape index (κ3) is 3.67. The van der Waals surface area contributed by atoms with Crippen LogP contribution in [0.3, 0.4) is 0 Å². The first kappa shape index (κ1) is 11.5. The van der Waals surface area contributed by atoms with Gasteiger partial charge in [-0.05, 0) is 19.8 Å². The molecule has 2 N–H and O–H groups in total. The normalized spacial score (nSPS) is 21.8. The fourth-order valence-corrected chi connectivity index (χ4v) is 1.84. The lowest BCUT2D eigenvalue weighted by Gasteiger charge is -2.32. The van der Waals surface area contributed by atoms with Gasteiger partial charge in [0.25, 0.3) is 0 Å². The molecule has 1 aliphatic heterocycles. The molecule has 14 heavy (non-hydrogen) atoms. The Morgan fingerprint density at radius 1 is 1.57 bits per heavy atom. The van der Waals surface area contributed by atoms with Gasteiger partial charge < -0.3 is 10.4 Å². The summed E-state index contributed by atoms with van der Waals surface area (Å²) in [5.74, 6) is 2.67. The van der Waals surface area contributed by atoms with Gasteiger partial charge in [-0.2, -0.15) is 0 Å². The average molecular weight is 196 g/mol. The van der Waals surface area contributed by atoms with Crippen LogP contribution >= 0.6 is 0 Å². The van der Waals surface area contributed by atoms with E-state index >= 15 is 0 Å². The van der Waals surface area contributed by atoms with Crippen LogP contribution in [0.15, 0.2) is 0 Å². The van der Waals surface area contributed by atoms with E-state index in [4.69, 9.17) is 11.5 Å². The molecular weight excluding hydrogens is 176 g/mol. The molecule has 0 bridgehead atoms. The lowest BCUT2D eigenvalue weighted by molar-refractivity contribution is 0.187. The van der Waals surface area contributed by atoms with Crippen LogP contribution in [0.5, 0.6) is 0 Å². The Morgan fingerprint density at radius 2 is 2.21 bits per heavy atom. The van der Waals surface area contributed by atoms with Crippen LogP contribution < -0.4 is 5.32 Å². The highest BCUT2D eigenvalue weighted by Gasteiger charge is 2.19. The molecule has 0 aromatic rings.